The number of nitrogens with one attached hydrogen (secondary N) is 1. The van der Waals surface area contributed by atoms with Gasteiger partial charge >= 0.3 is 0 Å². The topological polar surface area (TPSA) is 84.6 Å². The third kappa shape index (κ3) is 5.16. The summed E-state index contributed by atoms with van der Waals surface area (Å²) >= 11 is 0. The lowest BCUT2D eigenvalue weighted by atomic mass is 9.98. The van der Waals surface area contributed by atoms with Crippen molar-refractivity contribution < 1.29 is 14.6 Å². The van der Waals surface area contributed by atoms with E-state index in [9.17, 15) is 9.90 Å². The average molecular weight is 329 g/mol. The minimum Gasteiger partial charge on any atom is -0.491 e. The zero-order chi connectivity index (χ0) is 15.3. The molecule has 5 nitrogen and oxygen atoms in total. The minimum atomic E-state index is -0.753. The molecule has 1 saturated carbocycles. The van der Waals surface area contributed by atoms with Gasteiger partial charge in [0.1, 0.15) is 18.5 Å². The normalized spacial score (nSPS) is 17.4. The van der Waals surface area contributed by atoms with E-state index in [1.807, 2.05) is 31.2 Å². The minimum absolute atomic E-state index is 0. The van der Waals surface area contributed by atoms with E-state index < -0.39 is 11.6 Å². The van der Waals surface area contributed by atoms with Gasteiger partial charge in [-0.05, 0) is 37.5 Å². The van der Waals surface area contributed by atoms with Gasteiger partial charge in [-0.15, -0.1) is 12.4 Å². The lowest BCUT2D eigenvalue weighted by Crippen LogP contribution is -2.53. The van der Waals surface area contributed by atoms with Crippen molar-refractivity contribution in [3.05, 3.63) is 29.8 Å². The molecule has 1 unspecified atom stereocenters. The van der Waals surface area contributed by atoms with Crippen LogP contribution in [0.3, 0.4) is 0 Å². The molecule has 0 radical (unpaired) electrons. The van der Waals surface area contributed by atoms with Crippen LogP contribution in [-0.4, -0.2) is 35.8 Å². The van der Waals surface area contributed by atoms with E-state index in [-0.39, 0.29) is 31.5 Å². The highest BCUT2D eigenvalue weighted by Gasteiger charge is 2.36. The van der Waals surface area contributed by atoms with Crippen molar-refractivity contribution in [3.63, 3.8) is 0 Å². The highest BCUT2D eigenvalue weighted by molar-refractivity contribution is 5.86. The molecule has 1 aliphatic carbocycles. The first kappa shape index (κ1) is 18.7. The van der Waals surface area contributed by atoms with Gasteiger partial charge in [0.15, 0.2) is 0 Å². The second kappa shape index (κ2) is 8.36. The van der Waals surface area contributed by atoms with Crippen LogP contribution in [0.4, 0.5) is 0 Å². The molecule has 0 bridgehead atoms. The number of aliphatic hydroxyl groups is 1. The third-order valence-corrected chi connectivity index (χ3v) is 3.88. The Bertz CT molecular complexity index is 490. The van der Waals surface area contributed by atoms with Crippen LogP contribution in [-0.2, 0) is 4.79 Å². The summed E-state index contributed by atoms with van der Waals surface area (Å²) in [5.74, 6) is 0.543. The molecule has 1 atom stereocenters. The maximum atomic E-state index is 12.0. The van der Waals surface area contributed by atoms with Crippen molar-refractivity contribution in [3.8, 4) is 5.75 Å². The Hall–Kier alpha value is -1.30. The zero-order valence-electron chi connectivity index (χ0n) is 12.9. The van der Waals surface area contributed by atoms with Crippen molar-refractivity contribution >= 4 is 18.3 Å². The molecule has 1 amide bonds. The van der Waals surface area contributed by atoms with Crippen LogP contribution >= 0.6 is 12.4 Å². The second-order valence-electron chi connectivity index (χ2n) is 5.85. The van der Waals surface area contributed by atoms with Gasteiger partial charge in [0, 0.05) is 6.54 Å². The lowest BCUT2D eigenvalue weighted by Gasteiger charge is -2.23. The van der Waals surface area contributed by atoms with Gasteiger partial charge in [-0.2, -0.15) is 0 Å². The van der Waals surface area contributed by atoms with Gasteiger partial charge in [0.2, 0.25) is 5.91 Å². The lowest BCUT2D eigenvalue weighted by molar-refractivity contribution is -0.126. The smallest absolute Gasteiger partial charge is 0.240 e. The van der Waals surface area contributed by atoms with Crippen LogP contribution in [0.2, 0.25) is 0 Å². The molecule has 4 N–H and O–H groups in total. The first-order valence-corrected chi connectivity index (χ1v) is 7.44. The number of aryl methyl sites for hydroxylation is 1. The van der Waals surface area contributed by atoms with Crippen LogP contribution in [0.25, 0.3) is 0 Å². The van der Waals surface area contributed by atoms with Gasteiger partial charge in [-0.3, -0.25) is 4.79 Å². The molecule has 1 aliphatic rings. The number of halogens is 1. The van der Waals surface area contributed by atoms with E-state index in [1.165, 1.54) is 0 Å². The Labute approximate surface area is 137 Å². The SMILES string of the molecule is Cc1cccc(OCC(O)CNC(=O)C2(N)CCCC2)c1.Cl. The molecule has 6 heteroatoms. The fourth-order valence-corrected chi connectivity index (χ4v) is 2.58. The summed E-state index contributed by atoms with van der Waals surface area (Å²) in [6.07, 6.45) is 2.66. The number of carbonyl (C=O) groups is 1. The Morgan fingerprint density at radius 2 is 2.14 bits per heavy atom. The molecule has 0 saturated heterocycles. The van der Waals surface area contributed by atoms with E-state index in [1.54, 1.807) is 0 Å². The highest BCUT2D eigenvalue weighted by atomic mass is 35.5. The first-order chi connectivity index (χ1) is 9.99. The van der Waals surface area contributed by atoms with Crippen LogP contribution in [0, 0.1) is 6.92 Å². The quantitative estimate of drug-likeness (QED) is 0.739. The molecule has 1 fully saturated rings. The number of hydrogen-bond acceptors (Lipinski definition) is 4. The molecule has 124 valence electrons. The Kier molecular flexibility index (Phi) is 7.13. The maximum absolute atomic E-state index is 12.0. The number of benzene rings is 1. The molecule has 0 aromatic heterocycles. The van der Waals surface area contributed by atoms with E-state index in [4.69, 9.17) is 10.5 Å². The van der Waals surface area contributed by atoms with E-state index >= 15 is 0 Å². The summed E-state index contributed by atoms with van der Waals surface area (Å²) < 4.78 is 5.50. The largest absolute Gasteiger partial charge is 0.491 e. The van der Waals surface area contributed by atoms with Crippen molar-refractivity contribution in [2.75, 3.05) is 13.2 Å². The molecule has 0 aliphatic heterocycles. The summed E-state index contributed by atoms with van der Waals surface area (Å²) in [6.45, 7) is 2.27. The van der Waals surface area contributed by atoms with Crippen LogP contribution in [0.1, 0.15) is 31.2 Å². The maximum Gasteiger partial charge on any atom is 0.240 e. The summed E-state index contributed by atoms with van der Waals surface area (Å²) in [4.78, 5) is 12.0. The monoisotopic (exact) mass is 328 g/mol. The van der Waals surface area contributed by atoms with Crippen molar-refractivity contribution in [1.29, 1.82) is 0 Å². The number of aliphatic hydroxyl groups excluding tert-OH is 1. The number of rotatable bonds is 6. The van der Waals surface area contributed by atoms with Gasteiger partial charge in [0.25, 0.3) is 0 Å². The predicted octanol–water partition coefficient (Wildman–Crippen LogP) is 1.54. The summed E-state index contributed by atoms with van der Waals surface area (Å²) in [7, 11) is 0. The van der Waals surface area contributed by atoms with Crippen LogP contribution in [0.15, 0.2) is 24.3 Å². The molecule has 2 rings (SSSR count). The molecular weight excluding hydrogens is 304 g/mol. The third-order valence-electron chi connectivity index (χ3n) is 3.88. The zero-order valence-corrected chi connectivity index (χ0v) is 13.7. The van der Waals surface area contributed by atoms with Crippen molar-refractivity contribution in [2.45, 2.75) is 44.2 Å². The molecule has 1 aromatic rings. The Morgan fingerprint density at radius 1 is 1.45 bits per heavy atom. The Balaban J connectivity index is 0.00000242. The first-order valence-electron chi connectivity index (χ1n) is 7.44. The predicted molar refractivity (Wildman–Crippen MR) is 88.3 cm³/mol. The number of ether oxygens (including phenoxy) is 1. The van der Waals surface area contributed by atoms with Gasteiger partial charge in [0.05, 0.1) is 5.54 Å². The fraction of sp³-hybridized carbons (Fsp3) is 0.562. The van der Waals surface area contributed by atoms with E-state index in [0.29, 0.717) is 18.6 Å². The summed E-state index contributed by atoms with van der Waals surface area (Å²) in [5, 5.41) is 12.6. The average Bonchev–Trinajstić information content (AvgIpc) is 2.91. The number of amides is 1. The summed E-state index contributed by atoms with van der Waals surface area (Å²) in [5.41, 5.74) is 6.39. The molecule has 1 aromatic carbocycles. The van der Waals surface area contributed by atoms with Gasteiger partial charge in [-0.1, -0.05) is 25.0 Å². The van der Waals surface area contributed by atoms with Gasteiger partial charge in [-0.25, -0.2) is 0 Å². The van der Waals surface area contributed by atoms with E-state index in [2.05, 4.69) is 5.32 Å². The highest BCUT2D eigenvalue weighted by Crippen LogP contribution is 2.27. The van der Waals surface area contributed by atoms with Crippen LogP contribution < -0.4 is 15.8 Å². The van der Waals surface area contributed by atoms with Crippen molar-refractivity contribution in [2.24, 2.45) is 5.73 Å². The standard InChI is InChI=1S/C16H24N2O3.ClH/c1-12-5-4-6-14(9-12)21-11-13(19)10-18-15(20)16(17)7-2-3-8-16;/h4-6,9,13,19H,2-3,7-8,10-11,17H2,1H3,(H,18,20);1H. The summed E-state index contributed by atoms with van der Waals surface area (Å²) in [6, 6.07) is 7.62. The number of carbonyl (C=O) groups excluding carboxylic acids is 1. The molecular formula is C16H25ClN2O3. The van der Waals surface area contributed by atoms with Crippen LogP contribution in [0.5, 0.6) is 5.75 Å². The van der Waals surface area contributed by atoms with Crippen molar-refractivity contribution in [1.82, 2.24) is 5.32 Å². The molecule has 0 heterocycles. The number of nitrogens with two attached hydrogens (primary N) is 1. The molecule has 0 spiro atoms. The molecule has 22 heavy (non-hydrogen) atoms. The fourth-order valence-electron chi connectivity index (χ4n) is 2.58. The van der Waals surface area contributed by atoms with Gasteiger partial charge < -0.3 is 20.9 Å². The number of hydrogen-bond donors (Lipinski definition) is 3. The van der Waals surface area contributed by atoms with E-state index in [0.717, 1.165) is 18.4 Å². The Morgan fingerprint density at radius 3 is 2.77 bits per heavy atom. The second-order valence-corrected chi connectivity index (χ2v) is 5.85.